The number of ether oxygens (including phenoxy) is 1. The Hall–Kier alpha value is -1.88. The zero-order valence-corrected chi connectivity index (χ0v) is 12.9. The van der Waals surface area contributed by atoms with Gasteiger partial charge in [0, 0.05) is 25.3 Å². The molecular weight excluding hydrogens is 266 g/mol. The number of rotatable bonds is 8. The van der Waals surface area contributed by atoms with E-state index in [1.54, 1.807) is 0 Å². The molecular formula is C16H23N3O2. The van der Waals surface area contributed by atoms with E-state index in [4.69, 9.17) is 9.26 Å². The van der Waals surface area contributed by atoms with Gasteiger partial charge < -0.3 is 14.6 Å². The number of para-hydroxylation sites is 1. The highest BCUT2D eigenvalue weighted by Gasteiger charge is 2.21. The molecule has 0 saturated carbocycles. The van der Waals surface area contributed by atoms with Crippen molar-refractivity contribution in [2.45, 2.75) is 33.3 Å². The van der Waals surface area contributed by atoms with Crippen LogP contribution >= 0.6 is 0 Å². The lowest BCUT2D eigenvalue weighted by molar-refractivity contribution is 0.0217. The standard InChI is InChI=1S/C16H23N3O2/c1-4-20-15(12(2)3)16-18-14(21-19-16)10-11-17-13-8-6-5-7-9-13/h5-9,12,15,17H,4,10-11H2,1-3H3. The van der Waals surface area contributed by atoms with Crippen molar-refractivity contribution >= 4 is 5.69 Å². The van der Waals surface area contributed by atoms with Gasteiger partial charge in [-0.2, -0.15) is 4.98 Å². The van der Waals surface area contributed by atoms with Crippen LogP contribution in [0.3, 0.4) is 0 Å². The molecule has 0 spiro atoms. The molecule has 2 rings (SSSR count). The predicted octanol–water partition coefficient (Wildman–Crippen LogP) is 3.46. The van der Waals surface area contributed by atoms with Crippen molar-refractivity contribution in [1.82, 2.24) is 10.1 Å². The molecule has 2 aromatic rings. The fourth-order valence-corrected chi connectivity index (χ4v) is 2.10. The van der Waals surface area contributed by atoms with Crippen LogP contribution in [0.25, 0.3) is 0 Å². The summed E-state index contributed by atoms with van der Waals surface area (Å²) < 4.78 is 11.0. The Morgan fingerprint density at radius 1 is 1.24 bits per heavy atom. The number of anilines is 1. The molecule has 0 aliphatic heterocycles. The lowest BCUT2D eigenvalue weighted by Gasteiger charge is -2.16. The topological polar surface area (TPSA) is 60.2 Å². The summed E-state index contributed by atoms with van der Waals surface area (Å²) >= 11 is 0. The van der Waals surface area contributed by atoms with E-state index in [0.29, 0.717) is 30.7 Å². The number of benzene rings is 1. The monoisotopic (exact) mass is 289 g/mol. The molecule has 0 saturated heterocycles. The van der Waals surface area contributed by atoms with Crippen LogP contribution in [0, 0.1) is 5.92 Å². The summed E-state index contributed by atoms with van der Waals surface area (Å²) in [5.41, 5.74) is 1.09. The van der Waals surface area contributed by atoms with Crippen molar-refractivity contribution in [2.75, 3.05) is 18.5 Å². The Labute approximate surface area is 125 Å². The van der Waals surface area contributed by atoms with Crippen LogP contribution in [0.15, 0.2) is 34.9 Å². The zero-order valence-electron chi connectivity index (χ0n) is 12.9. The number of hydrogen-bond donors (Lipinski definition) is 1. The third-order valence-electron chi connectivity index (χ3n) is 3.13. The maximum absolute atomic E-state index is 5.68. The molecule has 1 aromatic heterocycles. The second-order valence-corrected chi connectivity index (χ2v) is 5.21. The molecule has 0 radical (unpaired) electrons. The van der Waals surface area contributed by atoms with Crippen LogP contribution in [0.4, 0.5) is 5.69 Å². The van der Waals surface area contributed by atoms with E-state index in [9.17, 15) is 0 Å². The van der Waals surface area contributed by atoms with Crippen molar-refractivity contribution in [1.29, 1.82) is 0 Å². The van der Waals surface area contributed by atoms with Gasteiger partial charge in [-0.15, -0.1) is 0 Å². The van der Waals surface area contributed by atoms with Crippen molar-refractivity contribution < 1.29 is 9.26 Å². The van der Waals surface area contributed by atoms with Gasteiger partial charge in [0.2, 0.25) is 11.7 Å². The fraction of sp³-hybridized carbons (Fsp3) is 0.500. The van der Waals surface area contributed by atoms with Gasteiger partial charge in [0.1, 0.15) is 6.10 Å². The van der Waals surface area contributed by atoms with Gasteiger partial charge in [-0.05, 0) is 25.0 Å². The quantitative estimate of drug-likeness (QED) is 0.806. The van der Waals surface area contributed by atoms with Gasteiger partial charge in [-0.1, -0.05) is 37.2 Å². The van der Waals surface area contributed by atoms with E-state index in [1.807, 2.05) is 37.3 Å². The SMILES string of the molecule is CCOC(c1noc(CCNc2ccccc2)n1)C(C)C. The molecule has 1 atom stereocenters. The summed E-state index contributed by atoms with van der Waals surface area (Å²) in [6.07, 6.45) is 0.591. The van der Waals surface area contributed by atoms with Crippen molar-refractivity contribution in [3.05, 3.63) is 42.0 Å². The van der Waals surface area contributed by atoms with Gasteiger partial charge in [0.15, 0.2) is 0 Å². The second kappa shape index (κ2) is 7.78. The minimum atomic E-state index is -0.102. The van der Waals surface area contributed by atoms with Gasteiger partial charge in [-0.25, -0.2) is 0 Å². The van der Waals surface area contributed by atoms with Crippen LogP contribution < -0.4 is 5.32 Å². The summed E-state index contributed by atoms with van der Waals surface area (Å²) in [6, 6.07) is 10.1. The Kier molecular flexibility index (Phi) is 5.75. The molecule has 114 valence electrons. The van der Waals surface area contributed by atoms with E-state index in [1.165, 1.54) is 0 Å². The maximum atomic E-state index is 5.68. The molecule has 5 nitrogen and oxygen atoms in total. The van der Waals surface area contributed by atoms with Crippen LogP contribution in [-0.4, -0.2) is 23.3 Å². The van der Waals surface area contributed by atoms with E-state index >= 15 is 0 Å². The average Bonchev–Trinajstić information content (AvgIpc) is 2.94. The molecule has 1 heterocycles. The number of nitrogens with one attached hydrogen (secondary N) is 1. The normalized spacial score (nSPS) is 12.6. The second-order valence-electron chi connectivity index (χ2n) is 5.21. The largest absolute Gasteiger partial charge is 0.385 e. The van der Waals surface area contributed by atoms with E-state index in [0.717, 1.165) is 12.2 Å². The number of aromatic nitrogens is 2. The van der Waals surface area contributed by atoms with Crippen molar-refractivity contribution in [3.63, 3.8) is 0 Å². The smallest absolute Gasteiger partial charge is 0.228 e. The highest BCUT2D eigenvalue weighted by Crippen LogP contribution is 2.23. The molecule has 0 fully saturated rings. The number of hydrogen-bond acceptors (Lipinski definition) is 5. The van der Waals surface area contributed by atoms with Gasteiger partial charge in [-0.3, -0.25) is 0 Å². The summed E-state index contributed by atoms with van der Waals surface area (Å²) in [4.78, 5) is 4.44. The Balaban J connectivity index is 1.87. The third kappa shape index (κ3) is 4.56. The van der Waals surface area contributed by atoms with E-state index in [-0.39, 0.29) is 6.10 Å². The summed E-state index contributed by atoms with van der Waals surface area (Å²) in [5, 5.41) is 7.36. The minimum Gasteiger partial charge on any atom is -0.385 e. The maximum Gasteiger partial charge on any atom is 0.228 e. The Bertz CT molecular complexity index is 525. The molecule has 0 bridgehead atoms. The predicted molar refractivity (Wildman–Crippen MR) is 82.1 cm³/mol. The van der Waals surface area contributed by atoms with Gasteiger partial charge in [0.25, 0.3) is 0 Å². The van der Waals surface area contributed by atoms with Crippen LogP contribution in [0.1, 0.15) is 38.6 Å². The van der Waals surface area contributed by atoms with Crippen molar-refractivity contribution in [3.8, 4) is 0 Å². The molecule has 21 heavy (non-hydrogen) atoms. The van der Waals surface area contributed by atoms with E-state index in [2.05, 4.69) is 29.3 Å². The average molecular weight is 289 g/mol. The first-order valence-corrected chi connectivity index (χ1v) is 7.43. The lowest BCUT2D eigenvalue weighted by Crippen LogP contribution is -2.13. The highest BCUT2D eigenvalue weighted by molar-refractivity contribution is 5.42. The summed E-state index contributed by atoms with van der Waals surface area (Å²) in [5.74, 6) is 1.60. The first-order chi connectivity index (χ1) is 10.2. The molecule has 1 unspecified atom stereocenters. The molecule has 0 amide bonds. The Morgan fingerprint density at radius 2 is 2.00 bits per heavy atom. The molecule has 1 aromatic carbocycles. The van der Waals surface area contributed by atoms with E-state index < -0.39 is 0 Å². The molecule has 0 aliphatic carbocycles. The van der Waals surface area contributed by atoms with Crippen LogP contribution in [0.2, 0.25) is 0 Å². The van der Waals surface area contributed by atoms with Gasteiger partial charge in [0.05, 0.1) is 0 Å². The Morgan fingerprint density at radius 3 is 2.67 bits per heavy atom. The zero-order chi connectivity index (χ0) is 15.1. The van der Waals surface area contributed by atoms with Gasteiger partial charge >= 0.3 is 0 Å². The molecule has 0 aliphatic rings. The third-order valence-corrected chi connectivity index (χ3v) is 3.13. The molecule has 1 N–H and O–H groups in total. The first-order valence-electron chi connectivity index (χ1n) is 7.43. The highest BCUT2D eigenvalue weighted by atomic mass is 16.5. The summed E-state index contributed by atoms with van der Waals surface area (Å²) in [6.45, 7) is 7.55. The minimum absolute atomic E-state index is 0.102. The molecule has 5 heteroatoms. The summed E-state index contributed by atoms with van der Waals surface area (Å²) in [7, 11) is 0. The fourth-order valence-electron chi connectivity index (χ4n) is 2.10. The number of nitrogens with zero attached hydrogens (tertiary/aromatic N) is 2. The van der Waals surface area contributed by atoms with Crippen LogP contribution in [0.5, 0.6) is 0 Å². The first kappa shape index (κ1) is 15.5. The van der Waals surface area contributed by atoms with Crippen LogP contribution in [-0.2, 0) is 11.2 Å². The lowest BCUT2D eigenvalue weighted by atomic mass is 10.1. The van der Waals surface area contributed by atoms with Crippen molar-refractivity contribution in [2.24, 2.45) is 5.92 Å².